The number of methoxy groups -OCH3 is 1. The van der Waals surface area contributed by atoms with Gasteiger partial charge in [0.05, 0.1) is 12.7 Å². The van der Waals surface area contributed by atoms with Gasteiger partial charge in [0.25, 0.3) is 0 Å². The lowest BCUT2D eigenvalue weighted by Gasteiger charge is -2.25. The van der Waals surface area contributed by atoms with Crippen molar-refractivity contribution in [2.75, 3.05) is 7.11 Å². The highest BCUT2D eigenvalue weighted by Crippen LogP contribution is 2.27. The van der Waals surface area contributed by atoms with Crippen molar-refractivity contribution in [3.05, 3.63) is 30.2 Å². The zero-order valence-corrected chi connectivity index (χ0v) is 12.4. The first-order chi connectivity index (χ1) is 9.41. The Morgan fingerprint density at radius 1 is 1.30 bits per heavy atom. The minimum Gasteiger partial charge on any atom is -0.496 e. The normalized spacial score (nSPS) is 13.2. The lowest BCUT2D eigenvalue weighted by Crippen LogP contribution is -2.36. The van der Waals surface area contributed by atoms with Gasteiger partial charge in [-0.05, 0) is 17.5 Å². The molecule has 1 aromatic carbocycles. The molecule has 1 heterocycles. The topological polar surface area (TPSA) is 74.2 Å². The van der Waals surface area contributed by atoms with Crippen LogP contribution in [0.1, 0.15) is 26.7 Å². The highest BCUT2D eigenvalue weighted by Gasteiger charge is 2.23. The van der Waals surface area contributed by atoms with E-state index in [9.17, 15) is 0 Å². The van der Waals surface area contributed by atoms with Gasteiger partial charge in [-0.2, -0.15) is 4.98 Å². The Kier molecular flexibility index (Phi) is 4.09. The van der Waals surface area contributed by atoms with E-state index < -0.39 is 0 Å². The molecule has 5 nitrogen and oxygen atoms in total. The Balaban J connectivity index is 2.21. The molecule has 0 saturated carbocycles. The van der Waals surface area contributed by atoms with Crippen LogP contribution in [0.15, 0.2) is 28.8 Å². The fourth-order valence-corrected chi connectivity index (χ4v) is 1.77. The van der Waals surface area contributed by atoms with E-state index >= 15 is 0 Å². The van der Waals surface area contributed by atoms with Gasteiger partial charge in [-0.1, -0.05) is 38.1 Å². The zero-order valence-electron chi connectivity index (χ0n) is 12.4. The molecule has 0 radical (unpaired) electrons. The molecule has 20 heavy (non-hydrogen) atoms. The van der Waals surface area contributed by atoms with Gasteiger partial charge < -0.3 is 15.0 Å². The van der Waals surface area contributed by atoms with Gasteiger partial charge in [-0.3, -0.25) is 0 Å². The SMILES string of the molecule is COc1ccccc1-c1noc(CC(N)C(C)(C)C)n1. The molecule has 2 N–H and O–H groups in total. The second kappa shape index (κ2) is 5.63. The Morgan fingerprint density at radius 2 is 2.00 bits per heavy atom. The minimum atomic E-state index is -0.0338. The van der Waals surface area contributed by atoms with E-state index in [2.05, 4.69) is 30.9 Å². The number of para-hydroxylation sites is 1. The number of aromatic nitrogens is 2. The van der Waals surface area contributed by atoms with Crippen LogP contribution in [-0.4, -0.2) is 23.3 Å². The van der Waals surface area contributed by atoms with E-state index in [1.54, 1.807) is 7.11 Å². The number of hydrogen-bond acceptors (Lipinski definition) is 5. The van der Waals surface area contributed by atoms with Gasteiger partial charge in [-0.25, -0.2) is 0 Å². The van der Waals surface area contributed by atoms with Crippen molar-refractivity contribution in [1.82, 2.24) is 10.1 Å². The van der Waals surface area contributed by atoms with Gasteiger partial charge in [0, 0.05) is 12.5 Å². The average Bonchev–Trinajstić information content (AvgIpc) is 2.86. The summed E-state index contributed by atoms with van der Waals surface area (Å²) in [5.41, 5.74) is 6.95. The van der Waals surface area contributed by atoms with Gasteiger partial charge in [-0.15, -0.1) is 0 Å². The van der Waals surface area contributed by atoms with Gasteiger partial charge in [0.2, 0.25) is 11.7 Å². The molecule has 0 aliphatic rings. The van der Waals surface area contributed by atoms with Crippen molar-refractivity contribution >= 4 is 0 Å². The highest BCUT2D eigenvalue weighted by molar-refractivity contribution is 5.63. The Hall–Kier alpha value is -1.88. The smallest absolute Gasteiger partial charge is 0.228 e. The third-order valence-corrected chi connectivity index (χ3v) is 3.32. The maximum absolute atomic E-state index is 6.13. The number of benzene rings is 1. The van der Waals surface area contributed by atoms with E-state index in [-0.39, 0.29) is 11.5 Å². The number of ether oxygens (including phenoxy) is 1. The molecule has 2 aromatic rings. The second-order valence-electron chi connectivity index (χ2n) is 5.89. The van der Waals surface area contributed by atoms with E-state index in [0.29, 0.717) is 18.1 Å². The predicted molar refractivity (Wildman–Crippen MR) is 77.4 cm³/mol. The number of nitrogens with two attached hydrogens (primary N) is 1. The van der Waals surface area contributed by atoms with Crippen LogP contribution in [0.5, 0.6) is 5.75 Å². The molecule has 0 saturated heterocycles. The first-order valence-electron chi connectivity index (χ1n) is 6.63. The summed E-state index contributed by atoms with van der Waals surface area (Å²) in [5.74, 6) is 1.80. The molecule has 0 aliphatic carbocycles. The molecular formula is C15H21N3O2. The highest BCUT2D eigenvalue weighted by atomic mass is 16.5. The van der Waals surface area contributed by atoms with Crippen molar-refractivity contribution in [2.24, 2.45) is 11.1 Å². The van der Waals surface area contributed by atoms with Crippen LogP contribution < -0.4 is 10.5 Å². The molecule has 0 fully saturated rings. The zero-order chi connectivity index (χ0) is 14.8. The van der Waals surface area contributed by atoms with Crippen molar-refractivity contribution < 1.29 is 9.26 Å². The Bertz CT molecular complexity index is 572. The molecule has 1 unspecified atom stereocenters. The van der Waals surface area contributed by atoms with Gasteiger partial charge in [0.15, 0.2) is 0 Å². The average molecular weight is 275 g/mol. The quantitative estimate of drug-likeness (QED) is 0.928. The van der Waals surface area contributed by atoms with Gasteiger partial charge >= 0.3 is 0 Å². The number of nitrogens with zero attached hydrogens (tertiary/aromatic N) is 2. The molecule has 0 amide bonds. The molecule has 108 valence electrons. The van der Waals surface area contributed by atoms with Crippen LogP contribution in [-0.2, 0) is 6.42 Å². The summed E-state index contributed by atoms with van der Waals surface area (Å²) in [5, 5.41) is 4.01. The Labute approximate surface area is 119 Å². The fraction of sp³-hybridized carbons (Fsp3) is 0.467. The van der Waals surface area contributed by atoms with Crippen molar-refractivity contribution in [3.63, 3.8) is 0 Å². The monoisotopic (exact) mass is 275 g/mol. The lowest BCUT2D eigenvalue weighted by molar-refractivity contribution is 0.286. The van der Waals surface area contributed by atoms with E-state index in [0.717, 1.165) is 11.3 Å². The molecular weight excluding hydrogens is 254 g/mol. The van der Waals surface area contributed by atoms with Crippen LogP contribution in [0, 0.1) is 5.41 Å². The van der Waals surface area contributed by atoms with Crippen LogP contribution in [0.25, 0.3) is 11.4 Å². The molecule has 5 heteroatoms. The van der Waals surface area contributed by atoms with Gasteiger partial charge in [0.1, 0.15) is 5.75 Å². The summed E-state index contributed by atoms with van der Waals surface area (Å²) in [6, 6.07) is 7.55. The van der Waals surface area contributed by atoms with Crippen LogP contribution in [0.2, 0.25) is 0 Å². The van der Waals surface area contributed by atoms with Crippen molar-refractivity contribution in [1.29, 1.82) is 0 Å². The van der Waals surface area contributed by atoms with Crippen LogP contribution in [0.4, 0.5) is 0 Å². The van der Waals surface area contributed by atoms with E-state index in [4.69, 9.17) is 15.0 Å². The second-order valence-corrected chi connectivity index (χ2v) is 5.89. The summed E-state index contributed by atoms with van der Waals surface area (Å²) in [4.78, 5) is 4.40. The first kappa shape index (κ1) is 14.5. The predicted octanol–water partition coefficient (Wildman–Crippen LogP) is 2.66. The molecule has 2 rings (SSSR count). The summed E-state index contributed by atoms with van der Waals surface area (Å²) in [6.45, 7) is 6.28. The van der Waals surface area contributed by atoms with Crippen molar-refractivity contribution in [2.45, 2.75) is 33.2 Å². The molecule has 0 aliphatic heterocycles. The van der Waals surface area contributed by atoms with E-state index in [1.807, 2.05) is 24.3 Å². The maximum atomic E-state index is 6.13. The maximum Gasteiger partial charge on any atom is 0.228 e. The first-order valence-corrected chi connectivity index (χ1v) is 6.63. The summed E-state index contributed by atoms with van der Waals surface area (Å²) < 4.78 is 10.6. The Morgan fingerprint density at radius 3 is 2.65 bits per heavy atom. The molecule has 0 spiro atoms. The fourth-order valence-electron chi connectivity index (χ4n) is 1.77. The third-order valence-electron chi connectivity index (χ3n) is 3.32. The minimum absolute atomic E-state index is 0.000922. The molecule has 1 aromatic heterocycles. The van der Waals surface area contributed by atoms with E-state index in [1.165, 1.54) is 0 Å². The van der Waals surface area contributed by atoms with Crippen LogP contribution >= 0.6 is 0 Å². The standard InChI is InChI=1S/C15H21N3O2/c1-15(2,3)12(16)9-13-17-14(18-20-13)10-7-5-6-8-11(10)19-4/h5-8,12H,9,16H2,1-4H3. The summed E-state index contributed by atoms with van der Waals surface area (Å²) in [7, 11) is 1.62. The molecule has 1 atom stereocenters. The van der Waals surface area contributed by atoms with Crippen molar-refractivity contribution in [3.8, 4) is 17.1 Å². The summed E-state index contributed by atoms with van der Waals surface area (Å²) >= 11 is 0. The summed E-state index contributed by atoms with van der Waals surface area (Å²) in [6.07, 6.45) is 0.561. The number of hydrogen-bond donors (Lipinski definition) is 1. The molecule has 0 bridgehead atoms. The lowest BCUT2D eigenvalue weighted by atomic mass is 9.85. The number of rotatable bonds is 4. The van der Waals surface area contributed by atoms with Crippen LogP contribution in [0.3, 0.4) is 0 Å². The largest absolute Gasteiger partial charge is 0.496 e. The third kappa shape index (κ3) is 3.17.